The lowest BCUT2D eigenvalue weighted by Gasteiger charge is -2.03. The van der Waals surface area contributed by atoms with Gasteiger partial charge in [0, 0.05) is 12.0 Å². The molecule has 1 saturated carbocycles. The normalized spacial score (nSPS) is 22.7. The van der Waals surface area contributed by atoms with E-state index in [-0.39, 0.29) is 22.5 Å². The van der Waals surface area contributed by atoms with Crippen LogP contribution in [0.4, 0.5) is 0 Å². The van der Waals surface area contributed by atoms with E-state index in [9.17, 15) is 4.79 Å². The average molecular weight is 209 g/mol. The highest BCUT2D eigenvalue weighted by Crippen LogP contribution is 2.73. The zero-order valence-corrected chi connectivity index (χ0v) is 9.37. The number of nitrogens with zero attached hydrogens (tertiary/aromatic N) is 1. The summed E-state index contributed by atoms with van der Waals surface area (Å²) in [5, 5.41) is 12.6. The van der Waals surface area contributed by atoms with Gasteiger partial charge < -0.3 is 9.63 Å². The van der Waals surface area contributed by atoms with Crippen molar-refractivity contribution in [3.8, 4) is 0 Å². The minimum Gasteiger partial charge on any atom is -0.475 e. The van der Waals surface area contributed by atoms with Crippen molar-refractivity contribution in [1.82, 2.24) is 5.16 Å². The fourth-order valence-electron chi connectivity index (χ4n) is 2.46. The molecule has 15 heavy (non-hydrogen) atoms. The molecular weight excluding hydrogens is 194 g/mol. The van der Waals surface area contributed by atoms with Gasteiger partial charge in [-0.3, -0.25) is 0 Å². The first-order valence-corrected chi connectivity index (χ1v) is 4.98. The number of hydrogen-bond donors (Lipinski definition) is 1. The summed E-state index contributed by atoms with van der Waals surface area (Å²) < 4.78 is 4.76. The third-order valence-corrected chi connectivity index (χ3v) is 4.06. The second kappa shape index (κ2) is 2.62. The molecule has 1 heterocycles. The lowest BCUT2D eigenvalue weighted by molar-refractivity contribution is 0.0652. The van der Waals surface area contributed by atoms with Crippen LogP contribution in [-0.4, -0.2) is 16.2 Å². The van der Waals surface area contributed by atoms with E-state index in [1.54, 1.807) is 0 Å². The van der Waals surface area contributed by atoms with Crippen molar-refractivity contribution in [3.05, 3.63) is 17.5 Å². The maximum absolute atomic E-state index is 10.6. The summed E-state index contributed by atoms with van der Waals surface area (Å²) in [6.45, 7) is 8.64. The monoisotopic (exact) mass is 209 g/mol. The molecule has 0 amide bonds. The van der Waals surface area contributed by atoms with Gasteiger partial charge >= 0.3 is 5.97 Å². The van der Waals surface area contributed by atoms with E-state index in [0.29, 0.717) is 0 Å². The molecule has 0 radical (unpaired) electrons. The Labute approximate surface area is 88.3 Å². The molecule has 0 aliphatic heterocycles. The number of hydrogen-bond acceptors (Lipinski definition) is 3. The van der Waals surface area contributed by atoms with E-state index in [1.807, 2.05) is 0 Å². The van der Waals surface area contributed by atoms with Crippen LogP contribution in [0.5, 0.6) is 0 Å². The van der Waals surface area contributed by atoms with E-state index >= 15 is 0 Å². The molecule has 1 aromatic rings. The van der Waals surface area contributed by atoms with E-state index in [4.69, 9.17) is 9.63 Å². The molecule has 1 aliphatic carbocycles. The van der Waals surface area contributed by atoms with Gasteiger partial charge in [0.05, 0.1) is 5.69 Å². The van der Waals surface area contributed by atoms with Gasteiger partial charge in [-0.2, -0.15) is 0 Å². The Bertz CT molecular complexity index is 403. The molecule has 82 valence electrons. The van der Waals surface area contributed by atoms with Crippen molar-refractivity contribution in [3.63, 3.8) is 0 Å². The summed E-state index contributed by atoms with van der Waals surface area (Å²) in [6.07, 6.45) is 0. The number of aromatic nitrogens is 1. The van der Waals surface area contributed by atoms with E-state index in [1.165, 1.54) is 6.07 Å². The molecule has 0 atom stereocenters. The van der Waals surface area contributed by atoms with Gasteiger partial charge in [0.15, 0.2) is 0 Å². The largest absolute Gasteiger partial charge is 0.475 e. The summed E-state index contributed by atoms with van der Waals surface area (Å²) in [5.74, 6) is -0.865. The number of aromatic carboxylic acids is 1. The van der Waals surface area contributed by atoms with E-state index in [2.05, 4.69) is 32.9 Å². The Hall–Kier alpha value is -1.32. The van der Waals surface area contributed by atoms with Crippen molar-refractivity contribution >= 4 is 5.97 Å². The number of carbonyl (C=O) groups is 1. The predicted molar refractivity (Wildman–Crippen MR) is 53.8 cm³/mol. The molecule has 1 N–H and O–H groups in total. The predicted octanol–water partition coefficient (Wildman–Crippen LogP) is 2.52. The Morgan fingerprint density at radius 2 is 1.93 bits per heavy atom. The first-order valence-electron chi connectivity index (χ1n) is 4.98. The molecular formula is C11H15NO3. The van der Waals surface area contributed by atoms with Gasteiger partial charge in [0.25, 0.3) is 0 Å². The zero-order valence-electron chi connectivity index (χ0n) is 9.37. The topological polar surface area (TPSA) is 63.3 Å². The Balaban J connectivity index is 2.30. The number of carboxylic acid groups (broad SMARTS) is 1. The van der Waals surface area contributed by atoms with Crippen LogP contribution in [0.25, 0.3) is 0 Å². The van der Waals surface area contributed by atoms with Gasteiger partial charge in [-0.1, -0.05) is 32.9 Å². The molecule has 2 rings (SSSR count). The van der Waals surface area contributed by atoms with E-state index in [0.717, 1.165) is 5.69 Å². The molecule has 1 fully saturated rings. The summed E-state index contributed by atoms with van der Waals surface area (Å²) in [5.41, 5.74) is 1.06. The highest BCUT2D eigenvalue weighted by atomic mass is 16.5. The van der Waals surface area contributed by atoms with Gasteiger partial charge in [0.2, 0.25) is 5.76 Å². The molecule has 1 aromatic heterocycles. The second-order valence-electron chi connectivity index (χ2n) is 5.30. The third kappa shape index (κ3) is 1.20. The Morgan fingerprint density at radius 1 is 1.40 bits per heavy atom. The van der Waals surface area contributed by atoms with Crippen LogP contribution in [0.3, 0.4) is 0 Å². The van der Waals surface area contributed by atoms with Crippen LogP contribution in [-0.2, 0) is 0 Å². The standard InChI is InChI=1S/C11H15NO3/c1-10(2)8(11(10,3)4)6-5-7(9(13)14)15-12-6/h5,8H,1-4H3,(H,13,14). The van der Waals surface area contributed by atoms with Crippen LogP contribution in [0.15, 0.2) is 10.6 Å². The number of carboxylic acids is 1. The van der Waals surface area contributed by atoms with Crippen molar-refractivity contribution in [1.29, 1.82) is 0 Å². The summed E-state index contributed by atoms with van der Waals surface area (Å²) in [6, 6.07) is 1.53. The molecule has 4 nitrogen and oxygen atoms in total. The average Bonchev–Trinajstić information content (AvgIpc) is 2.52. The SMILES string of the molecule is CC1(C)C(c2cc(C(=O)O)on2)C1(C)C. The Morgan fingerprint density at radius 3 is 2.27 bits per heavy atom. The minimum atomic E-state index is -1.06. The molecule has 0 aromatic carbocycles. The molecule has 0 saturated heterocycles. The fourth-order valence-corrected chi connectivity index (χ4v) is 2.46. The molecule has 4 heteroatoms. The van der Waals surface area contributed by atoms with Gasteiger partial charge in [0.1, 0.15) is 0 Å². The van der Waals surface area contributed by atoms with Crippen LogP contribution < -0.4 is 0 Å². The lowest BCUT2D eigenvalue weighted by Crippen LogP contribution is -1.95. The van der Waals surface area contributed by atoms with Crippen molar-refractivity contribution in [2.45, 2.75) is 33.6 Å². The highest BCUT2D eigenvalue weighted by Gasteiger charge is 2.66. The first-order chi connectivity index (χ1) is 6.78. The quantitative estimate of drug-likeness (QED) is 0.812. The minimum absolute atomic E-state index is 0.0801. The Kier molecular flexibility index (Phi) is 1.78. The lowest BCUT2D eigenvalue weighted by atomic mass is 10.0. The van der Waals surface area contributed by atoms with Crippen LogP contribution in [0.2, 0.25) is 0 Å². The van der Waals surface area contributed by atoms with Crippen molar-refractivity contribution < 1.29 is 14.4 Å². The van der Waals surface area contributed by atoms with Gasteiger partial charge in [-0.25, -0.2) is 4.79 Å². The second-order valence-corrected chi connectivity index (χ2v) is 5.30. The van der Waals surface area contributed by atoms with Gasteiger partial charge in [-0.15, -0.1) is 0 Å². The van der Waals surface area contributed by atoms with Crippen LogP contribution in [0.1, 0.15) is 49.9 Å². The molecule has 0 bridgehead atoms. The zero-order chi connectivity index (χ0) is 11.4. The highest BCUT2D eigenvalue weighted by molar-refractivity contribution is 5.84. The van der Waals surface area contributed by atoms with Crippen molar-refractivity contribution in [2.75, 3.05) is 0 Å². The molecule has 0 unspecified atom stereocenters. The van der Waals surface area contributed by atoms with Crippen LogP contribution in [0, 0.1) is 10.8 Å². The fraction of sp³-hybridized carbons (Fsp3) is 0.636. The molecule has 1 aliphatic rings. The van der Waals surface area contributed by atoms with Gasteiger partial charge in [-0.05, 0) is 10.8 Å². The summed E-state index contributed by atoms with van der Waals surface area (Å²) in [4.78, 5) is 10.6. The summed E-state index contributed by atoms with van der Waals surface area (Å²) in [7, 11) is 0. The maximum Gasteiger partial charge on any atom is 0.374 e. The third-order valence-electron chi connectivity index (χ3n) is 4.06. The van der Waals surface area contributed by atoms with Crippen LogP contribution >= 0.6 is 0 Å². The summed E-state index contributed by atoms with van der Waals surface area (Å²) >= 11 is 0. The molecule has 0 spiro atoms. The number of rotatable bonds is 2. The smallest absolute Gasteiger partial charge is 0.374 e. The first kappa shape index (κ1) is 10.2. The van der Waals surface area contributed by atoms with E-state index < -0.39 is 5.97 Å². The van der Waals surface area contributed by atoms with Crippen molar-refractivity contribution in [2.24, 2.45) is 10.8 Å². The maximum atomic E-state index is 10.6.